The van der Waals surface area contributed by atoms with Crippen molar-refractivity contribution in [3.8, 4) is 11.7 Å². The topological polar surface area (TPSA) is 99.9 Å². The Labute approximate surface area is 144 Å². The summed E-state index contributed by atoms with van der Waals surface area (Å²) in [4.78, 5) is 8.00. The predicted octanol–water partition coefficient (Wildman–Crippen LogP) is 1.60. The second-order valence-corrected chi connectivity index (χ2v) is 5.66. The van der Waals surface area contributed by atoms with E-state index in [1.165, 1.54) is 12.1 Å². The Kier molecular flexibility index (Phi) is 3.93. The molecule has 2 aromatic heterocycles. The molecule has 4 rings (SSSR count). The maximum absolute atomic E-state index is 12.9. The highest BCUT2D eigenvalue weighted by molar-refractivity contribution is 5.51. The highest BCUT2D eigenvalue weighted by Crippen LogP contribution is 2.32. The van der Waals surface area contributed by atoms with E-state index in [-0.39, 0.29) is 11.7 Å². The van der Waals surface area contributed by atoms with Gasteiger partial charge in [-0.15, -0.1) is 10.2 Å². The Morgan fingerprint density at radius 3 is 2.54 bits per heavy atom. The minimum absolute atomic E-state index is 0.147. The Balaban J connectivity index is 1.43. The number of anilines is 2. The Hall–Kier alpha value is -3.18. The second kappa shape index (κ2) is 6.28. The van der Waals surface area contributed by atoms with Gasteiger partial charge >= 0.3 is 12.1 Å². The summed E-state index contributed by atoms with van der Waals surface area (Å²) in [7, 11) is 0. The quantitative estimate of drug-likeness (QED) is 0.746. The number of alkyl halides is 3. The van der Waals surface area contributed by atoms with Crippen molar-refractivity contribution < 1.29 is 17.7 Å². The van der Waals surface area contributed by atoms with Crippen LogP contribution in [0.15, 0.2) is 28.8 Å². The summed E-state index contributed by atoms with van der Waals surface area (Å²) in [5.74, 6) is 0.730. The SMILES string of the molecule is FC(F)(F)c1cccc(N2CCN(c3noc(-c4nn[nH]n4)n3)CC2)c1. The number of nitrogens with zero attached hydrogens (tertiary/aromatic N) is 7. The largest absolute Gasteiger partial charge is 0.416 e. The van der Waals surface area contributed by atoms with Crippen molar-refractivity contribution in [2.75, 3.05) is 36.0 Å². The molecule has 9 nitrogen and oxygen atoms in total. The van der Waals surface area contributed by atoms with E-state index in [0.29, 0.717) is 37.8 Å². The first-order chi connectivity index (χ1) is 12.5. The number of benzene rings is 1. The number of halogens is 3. The molecule has 1 N–H and O–H groups in total. The fourth-order valence-corrected chi connectivity index (χ4v) is 2.73. The van der Waals surface area contributed by atoms with Crippen LogP contribution in [0.25, 0.3) is 11.7 Å². The van der Waals surface area contributed by atoms with Crippen LogP contribution in [-0.2, 0) is 6.18 Å². The molecule has 26 heavy (non-hydrogen) atoms. The van der Waals surface area contributed by atoms with Crippen LogP contribution in [0, 0.1) is 0 Å². The number of nitrogens with one attached hydrogen (secondary N) is 1. The molecule has 1 fully saturated rings. The molecule has 3 aromatic rings. The van der Waals surface area contributed by atoms with Crippen LogP contribution in [0.5, 0.6) is 0 Å². The number of hydrogen-bond donors (Lipinski definition) is 1. The molecule has 0 radical (unpaired) electrons. The molecular weight excluding hydrogens is 353 g/mol. The maximum Gasteiger partial charge on any atom is 0.416 e. The molecule has 0 saturated carbocycles. The predicted molar refractivity (Wildman–Crippen MR) is 83.3 cm³/mol. The van der Waals surface area contributed by atoms with Gasteiger partial charge in [0.05, 0.1) is 5.56 Å². The van der Waals surface area contributed by atoms with Gasteiger partial charge in [-0.2, -0.15) is 23.4 Å². The van der Waals surface area contributed by atoms with E-state index < -0.39 is 11.7 Å². The van der Waals surface area contributed by atoms with Crippen LogP contribution < -0.4 is 9.80 Å². The fourth-order valence-electron chi connectivity index (χ4n) is 2.73. The highest BCUT2D eigenvalue weighted by atomic mass is 19.4. The van der Waals surface area contributed by atoms with Crippen molar-refractivity contribution in [3.05, 3.63) is 29.8 Å². The fraction of sp³-hybridized carbons (Fsp3) is 0.357. The molecule has 1 aliphatic rings. The third kappa shape index (κ3) is 3.17. The van der Waals surface area contributed by atoms with Crippen LogP contribution in [-0.4, -0.2) is 56.9 Å². The second-order valence-electron chi connectivity index (χ2n) is 5.66. The van der Waals surface area contributed by atoms with E-state index in [4.69, 9.17) is 4.52 Å². The third-order valence-electron chi connectivity index (χ3n) is 4.05. The maximum atomic E-state index is 12.9. The molecule has 12 heteroatoms. The summed E-state index contributed by atoms with van der Waals surface area (Å²) in [6.07, 6.45) is -4.35. The third-order valence-corrected chi connectivity index (χ3v) is 4.05. The minimum Gasteiger partial charge on any atom is -0.368 e. The van der Waals surface area contributed by atoms with Gasteiger partial charge in [-0.1, -0.05) is 6.07 Å². The van der Waals surface area contributed by atoms with Gasteiger partial charge in [-0.3, -0.25) is 0 Å². The smallest absolute Gasteiger partial charge is 0.368 e. The molecule has 1 aromatic carbocycles. The van der Waals surface area contributed by atoms with E-state index in [1.807, 2.05) is 9.80 Å². The van der Waals surface area contributed by atoms with E-state index in [0.717, 1.165) is 6.07 Å². The first-order valence-corrected chi connectivity index (χ1v) is 7.75. The van der Waals surface area contributed by atoms with E-state index >= 15 is 0 Å². The van der Waals surface area contributed by atoms with Gasteiger partial charge in [-0.05, 0) is 28.6 Å². The van der Waals surface area contributed by atoms with E-state index in [9.17, 15) is 13.2 Å². The van der Waals surface area contributed by atoms with E-state index in [1.54, 1.807) is 6.07 Å². The number of aromatic nitrogens is 6. The number of piperazine rings is 1. The molecular formula is C14H13F3N8O. The molecule has 136 valence electrons. The zero-order valence-electron chi connectivity index (χ0n) is 13.3. The lowest BCUT2D eigenvalue weighted by atomic mass is 10.1. The van der Waals surface area contributed by atoms with Gasteiger partial charge in [0.25, 0.3) is 11.8 Å². The van der Waals surface area contributed by atoms with Crippen LogP contribution in [0.1, 0.15) is 5.56 Å². The van der Waals surface area contributed by atoms with Crippen molar-refractivity contribution in [1.82, 2.24) is 30.8 Å². The Bertz CT molecular complexity index is 870. The Morgan fingerprint density at radius 1 is 1.08 bits per heavy atom. The first kappa shape index (κ1) is 16.3. The van der Waals surface area contributed by atoms with Crippen LogP contribution in [0.2, 0.25) is 0 Å². The summed E-state index contributed by atoms with van der Waals surface area (Å²) in [6, 6.07) is 5.32. The van der Waals surface area contributed by atoms with Crippen molar-refractivity contribution in [1.29, 1.82) is 0 Å². The van der Waals surface area contributed by atoms with E-state index in [2.05, 4.69) is 30.8 Å². The van der Waals surface area contributed by atoms with Gasteiger partial charge in [0.1, 0.15) is 0 Å². The van der Waals surface area contributed by atoms with Gasteiger partial charge in [0.2, 0.25) is 0 Å². The summed E-state index contributed by atoms with van der Waals surface area (Å²) >= 11 is 0. The molecule has 1 aliphatic heterocycles. The lowest BCUT2D eigenvalue weighted by molar-refractivity contribution is -0.137. The summed E-state index contributed by atoms with van der Waals surface area (Å²) in [5.41, 5.74) is -0.111. The van der Waals surface area contributed by atoms with Crippen molar-refractivity contribution in [2.45, 2.75) is 6.18 Å². The van der Waals surface area contributed by atoms with Crippen LogP contribution >= 0.6 is 0 Å². The molecule has 3 heterocycles. The van der Waals surface area contributed by atoms with Crippen LogP contribution in [0.3, 0.4) is 0 Å². The van der Waals surface area contributed by atoms with Gasteiger partial charge in [-0.25, -0.2) is 0 Å². The Morgan fingerprint density at radius 2 is 1.85 bits per heavy atom. The van der Waals surface area contributed by atoms with Crippen LogP contribution in [0.4, 0.5) is 24.8 Å². The normalized spacial score (nSPS) is 15.5. The van der Waals surface area contributed by atoms with Gasteiger partial charge < -0.3 is 14.3 Å². The highest BCUT2D eigenvalue weighted by Gasteiger charge is 2.31. The average Bonchev–Trinajstić information content (AvgIpc) is 3.33. The van der Waals surface area contributed by atoms with Crippen molar-refractivity contribution in [3.63, 3.8) is 0 Å². The number of H-pyrrole nitrogens is 1. The molecule has 0 amide bonds. The number of rotatable bonds is 3. The zero-order chi connectivity index (χ0) is 18.1. The minimum atomic E-state index is -4.35. The first-order valence-electron chi connectivity index (χ1n) is 7.75. The standard InChI is InChI=1S/C14H13F3N8O/c15-14(16,17)9-2-1-3-10(8-9)24-4-6-25(7-5-24)13-18-12(26-21-13)11-19-22-23-20-11/h1-3,8H,4-7H2,(H,19,20,22,23). The molecule has 0 atom stereocenters. The molecule has 0 unspecified atom stereocenters. The van der Waals surface area contributed by atoms with Crippen molar-refractivity contribution >= 4 is 11.6 Å². The lowest BCUT2D eigenvalue weighted by Crippen LogP contribution is -2.47. The van der Waals surface area contributed by atoms with Gasteiger partial charge in [0, 0.05) is 31.9 Å². The van der Waals surface area contributed by atoms with Crippen molar-refractivity contribution in [2.24, 2.45) is 0 Å². The monoisotopic (exact) mass is 366 g/mol. The molecule has 0 bridgehead atoms. The summed E-state index contributed by atoms with van der Waals surface area (Å²) in [5, 5.41) is 17.1. The summed E-state index contributed by atoms with van der Waals surface area (Å²) < 4.78 is 43.7. The molecule has 0 spiro atoms. The number of tetrazole rings is 1. The lowest BCUT2D eigenvalue weighted by Gasteiger charge is -2.35. The summed E-state index contributed by atoms with van der Waals surface area (Å²) in [6.45, 7) is 2.16. The zero-order valence-corrected chi connectivity index (χ0v) is 13.3. The molecule has 0 aliphatic carbocycles. The number of aromatic amines is 1. The average molecular weight is 366 g/mol. The number of hydrogen-bond acceptors (Lipinski definition) is 8. The van der Waals surface area contributed by atoms with Gasteiger partial charge in [0.15, 0.2) is 0 Å². The molecule has 1 saturated heterocycles.